The van der Waals surface area contributed by atoms with E-state index in [1.807, 2.05) is 0 Å². The second kappa shape index (κ2) is 7.53. The molecule has 0 unspecified atom stereocenters. The van der Waals surface area contributed by atoms with E-state index < -0.39 is 29.1 Å². The van der Waals surface area contributed by atoms with Gasteiger partial charge >= 0.3 is 6.18 Å². The summed E-state index contributed by atoms with van der Waals surface area (Å²) in [5, 5.41) is 13.8. The molecule has 0 aromatic heterocycles. The second-order valence-corrected chi connectivity index (χ2v) is 5.09. The lowest BCUT2D eigenvalue weighted by Crippen LogP contribution is -2.14. The van der Waals surface area contributed by atoms with Gasteiger partial charge in [0.25, 0.3) is 5.91 Å². The van der Waals surface area contributed by atoms with Crippen LogP contribution in [-0.2, 0) is 11.0 Å². The second-order valence-electron chi connectivity index (χ2n) is 5.09. The van der Waals surface area contributed by atoms with Gasteiger partial charge in [-0.15, -0.1) is 0 Å². The molecule has 2 amide bonds. The number of nitriles is 1. The molecular formula is C18H12F3N3O2. The van der Waals surface area contributed by atoms with Crippen molar-refractivity contribution in [2.24, 2.45) is 0 Å². The Morgan fingerprint density at radius 2 is 1.65 bits per heavy atom. The molecule has 0 fully saturated rings. The van der Waals surface area contributed by atoms with Gasteiger partial charge in [-0.2, -0.15) is 18.4 Å². The van der Waals surface area contributed by atoms with Crippen molar-refractivity contribution in [3.05, 3.63) is 71.8 Å². The van der Waals surface area contributed by atoms with E-state index in [4.69, 9.17) is 5.26 Å². The fourth-order valence-corrected chi connectivity index (χ4v) is 2.06. The topological polar surface area (TPSA) is 82.0 Å². The highest BCUT2D eigenvalue weighted by atomic mass is 19.4. The molecule has 8 heteroatoms. The van der Waals surface area contributed by atoms with E-state index in [2.05, 4.69) is 17.2 Å². The highest BCUT2D eigenvalue weighted by molar-refractivity contribution is 6.05. The summed E-state index contributed by atoms with van der Waals surface area (Å²) in [6.07, 6.45) is -3.56. The van der Waals surface area contributed by atoms with Crippen LogP contribution in [0.5, 0.6) is 0 Å². The van der Waals surface area contributed by atoms with Crippen molar-refractivity contribution in [1.29, 1.82) is 5.26 Å². The van der Waals surface area contributed by atoms with Gasteiger partial charge in [-0.3, -0.25) is 9.59 Å². The molecule has 0 saturated carbocycles. The number of alkyl halides is 3. The van der Waals surface area contributed by atoms with Crippen LogP contribution in [0.4, 0.5) is 24.5 Å². The van der Waals surface area contributed by atoms with Gasteiger partial charge in [0, 0.05) is 16.9 Å². The van der Waals surface area contributed by atoms with Crippen LogP contribution in [0.15, 0.2) is 55.1 Å². The zero-order valence-corrected chi connectivity index (χ0v) is 13.2. The summed E-state index contributed by atoms with van der Waals surface area (Å²) in [5.74, 6) is -0.980. The molecule has 0 spiro atoms. The Labute approximate surface area is 146 Å². The number of carbonyl (C=O) groups is 2. The first-order valence-electron chi connectivity index (χ1n) is 7.21. The maximum atomic E-state index is 12.8. The van der Waals surface area contributed by atoms with Crippen LogP contribution in [0.2, 0.25) is 0 Å². The summed E-state index contributed by atoms with van der Waals surface area (Å²) >= 11 is 0. The third-order valence-corrected chi connectivity index (χ3v) is 3.30. The lowest BCUT2D eigenvalue weighted by molar-refractivity contribution is -0.137. The average Bonchev–Trinajstić information content (AvgIpc) is 2.61. The lowest BCUT2D eigenvalue weighted by Gasteiger charge is -2.11. The fourth-order valence-electron chi connectivity index (χ4n) is 2.06. The standard InChI is InChI=1S/C18H12F3N3O2/c1-2-16(25)23-13-5-3-11(4-6-13)17(26)24-14-7-8-15(18(19,20)21)12(9-14)10-22/h2-9H,1H2,(H,23,25)(H,24,26). The molecule has 2 aromatic rings. The molecular weight excluding hydrogens is 347 g/mol. The highest BCUT2D eigenvalue weighted by Gasteiger charge is 2.33. The van der Waals surface area contributed by atoms with Gasteiger partial charge in [0.2, 0.25) is 5.91 Å². The number of halogens is 3. The first-order valence-corrected chi connectivity index (χ1v) is 7.21. The Balaban J connectivity index is 2.16. The van der Waals surface area contributed by atoms with Crippen LogP contribution in [0.3, 0.4) is 0 Å². The first kappa shape index (κ1) is 18.7. The van der Waals surface area contributed by atoms with E-state index in [0.717, 1.165) is 24.3 Å². The number of nitrogens with one attached hydrogen (secondary N) is 2. The molecule has 132 valence electrons. The SMILES string of the molecule is C=CC(=O)Nc1ccc(C(=O)Nc2ccc(C(F)(F)F)c(C#N)c2)cc1. The molecule has 26 heavy (non-hydrogen) atoms. The first-order chi connectivity index (χ1) is 12.2. The van der Waals surface area contributed by atoms with Gasteiger partial charge in [-0.05, 0) is 48.5 Å². The summed E-state index contributed by atoms with van der Waals surface area (Å²) in [7, 11) is 0. The fraction of sp³-hybridized carbons (Fsp3) is 0.0556. The Bertz CT molecular complexity index is 897. The molecule has 0 saturated heterocycles. The predicted molar refractivity (Wildman–Crippen MR) is 89.4 cm³/mol. The van der Waals surface area contributed by atoms with Crippen molar-refractivity contribution in [1.82, 2.24) is 0 Å². The summed E-state index contributed by atoms with van der Waals surface area (Å²) in [6, 6.07) is 10.1. The average molecular weight is 359 g/mol. The lowest BCUT2D eigenvalue weighted by atomic mass is 10.1. The van der Waals surface area contributed by atoms with Gasteiger partial charge < -0.3 is 10.6 Å². The van der Waals surface area contributed by atoms with Gasteiger partial charge in [0.05, 0.1) is 17.2 Å². The van der Waals surface area contributed by atoms with E-state index >= 15 is 0 Å². The molecule has 0 aliphatic rings. The minimum Gasteiger partial charge on any atom is -0.323 e. The van der Waals surface area contributed by atoms with E-state index in [1.165, 1.54) is 30.3 Å². The van der Waals surface area contributed by atoms with E-state index in [9.17, 15) is 22.8 Å². The third-order valence-electron chi connectivity index (χ3n) is 3.30. The maximum Gasteiger partial charge on any atom is 0.417 e. The van der Waals surface area contributed by atoms with Crippen LogP contribution in [-0.4, -0.2) is 11.8 Å². The molecule has 0 heterocycles. The minimum absolute atomic E-state index is 0.0589. The number of hydrogen-bond acceptors (Lipinski definition) is 3. The Kier molecular flexibility index (Phi) is 5.42. The zero-order chi connectivity index (χ0) is 19.3. The summed E-state index contributed by atoms with van der Waals surface area (Å²) in [6.45, 7) is 3.32. The molecule has 2 rings (SSSR count). The van der Waals surface area contributed by atoms with Crippen LogP contribution in [0.25, 0.3) is 0 Å². The summed E-state index contributed by atoms with van der Waals surface area (Å²) in [4.78, 5) is 23.4. The molecule has 5 nitrogen and oxygen atoms in total. The van der Waals surface area contributed by atoms with Crippen molar-refractivity contribution >= 4 is 23.2 Å². The quantitative estimate of drug-likeness (QED) is 0.811. The van der Waals surface area contributed by atoms with Gasteiger partial charge in [0.15, 0.2) is 0 Å². The number of nitrogens with zero attached hydrogens (tertiary/aromatic N) is 1. The monoisotopic (exact) mass is 359 g/mol. The molecule has 2 N–H and O–H groups in total. The Morgan fingerprint density at radius 3 is 2.19 bits per heavy atom. The summed E-state index contributed by atoms with van der Waals surface area (Å²) in [5.41, 5.74) is -0.922. The smallest absolute Gasteiger partial charge is 0.323 e. The number of rotatable bonds is 4. The molecule has 0 bridgehead atoms. The Morgan fingerprint density at radius 1 is 1.04 bits per heavy atom. The molecule has 0 aliphatic heterocycles. The predicted octanol–water partition coefficient (Wildman–Crippen LogP) is 3.95. The van der Waals surface area contributed by atoms with Crippen LogP contribution in [0, 0.1) is 11.3 Å². The normalized spacial score (nSPS) is 10.5. The molecule has 0 radical (unpaired) electrons. The third kappa shape index (κ3) is 4.48. The van der Waals surface area contributed by atoms with Crippen molar-refractivity contribution in [3.8, 4) is 6.07 Å². The molecule has 0 aliphatic carbocycles. The van der Waals surface area contributed by atoms with Gasteiger partial charge in [-0.1, -0.05) is 6.58 Å². The van der Waals surface area contributed by atoms with E-state index in [0.29, 0.717) is 5.69 Å². The van der Waals surface area contributed by atoms with Crippen molar-refractivity contribution in [3.63, 3.8) is 0 Å². The number of amides is 2. The van der Waals surface area contributed by atoms with Crippen molar-refractivity contribution in [2.75, 3.05) is 10.6 Å². The number of carbonyl (C=O) groups excluding carboxylic acids is 2. The summed E-state index contributed by atoms with van der Waals surface area (Å²) < 4.78 is 38.3. The molecule has 0 atom stereocenters. The van der Waals surface area contributed by atoms with Crippen molar-refractivity contribution < 1.29 is 22.8 Å². The minimum atomic E-state index is -4.65. The zero-order valence-electron chi connectivity index (χ0n) is 13.2. The van der Waals surface area contributed by atoms with E-state index in [-0.39, 0.29) is 11.3 Å². The van der Waals surface area contributed by atoms with Crippen LogP contribution < -0.4 is 10.6 Å². The molecule has 2 aromatic carbocycles. The number of anilines is 2. The van der Waals surface area contributed by atoms with Crippen LogP contribution >= 0.6 is 0 Å². The van der Waals surface area contributed by atoms with Crippen molar-refractivity contribution in [2.45, 2.75) is 6.18 Å². The van der Waals surface area contributed by atoms with E-state index in [1.54, 1.807) is 0 Å². The van der Waals surface area contributed by atoms with Gasteiger partial charge in [-0.25, -0.2) is 0 Å². The number of benzene rings is 2. The number of hydrogen-bond donors (Lipinski definition) is 2. The largest absolute Gasteiger partial charge is 0.417 e. The van der Waals surface area contributed by atoms with Crippen LogP contribution in [0.1, 0.15) is 21.5 Å². The Hall–Kier alpha value is -3.60. The maximum absolute atomic E-state index is 12.8. The van der Waals surface area contributed by atoms with Gasteiger partial charge in [0.1, 0.15) is 0 Å². The highest BCUT2D eigenvalue weighted by Crippen LogP contribution is 2.33.